The number of rotatable bonds is 21. The van der Waals surface area contributed by atoms with Gasteiger partial charge in [0.25, 0.3) is 0 Å². The van der Waals surface area contributed by atoms with Crippen molar-refractivity contribution in [3.8, 4) is 0 Å². The SMILES string of the molecule is C[Si](C)(C)C(c1cc(C([Si](C)(C)C)[Si](C)(C)C)c(CCc2c(C([Si](C)(C)C)[Si](C)(C)C)cc(C([Si](C)(C)C)[Si](C)(C)C)cc2C([Si](C)(C)C)[Si](C)(C)C)c(C([Si](C)(C)C)[Si](C)(C)C)c1)[Si](C)(C)C. The van der Waals surface area contributed by atoms with Crippen molar-refractivity contribution in [3.05, 3.63) is 68.8 Å². The van der Waals surface area contributed by atoms with Crippen LogP contribution >= 0.6 is 0 Å². The lowest BCUT2D eigenvalue weighted by Gasteiger charge is -2.47. The highest BCUT2D eigenvalue weighted by Gasteiger charge is 2.49. The van der Waals surface area contributed by atoms with Gasteiger partial charge in [0.15, 0.2) is 0 Å². The van der Waals surface area contributed by atoms with Gasteiger partial charge in [-0.05, 0) is 88.3 Å². The molecule has 0 bridgehead atoms. The third-order valence-electron chi connectivity index (χ3n) is 15.6. The second-order valence-corrected chi connectivity index (χ2v) is 103. The Balaban J connectivity index is 3.76. The van der Waals surface area contributed by atoms with Crippen molar-refractivity contribution in [2.45, 2.75) is 280 Å². The van der Waals surface area contributed by atoms with Crippen LogP contribution in [-0.4, -0.2) is 96.9 Å². The van der Waals surface area contributed by atoms with Gasteiger partial charge in [0.1, 0.15) is 0 Å². The summed E-state index contributed by atoms with van der Waals surface area (Å²) in [5.41, 5.74) is 14.8. The van der Waals surface area contributed by atoms with E-state index >= 15 is 0 Å². The minimum absolute atomic E-state index is 0.723. The highest BCUT2D eigenvalue weighted by Crippen LogP contribution is 2.51. The van der Waals surface area contributed by atoms with Gasteiger partial charge in [-0.25, -0.2) is 0 Å². The number of hydrogen-bond donors (Lipinski definition) is 0. The van der Waals surface area contributed by atoms with E-state index in [1.54, 1.807) is 11.1 Å². The summed E-state index contributed by atoms with van der Waals surface area (Å²) in [6.07, 6.45) is 2.43. The molecule has 0 radical (unpaired) electrons. The van der Waals surface area contributed by atoms with Crippen molar-refractivity contribution in [2.75, 3.05) is 0 Å². The third kappa shape index (κ3) is 16.3. The molecule has 0 aliphatic rings. The quantitative estimate of drug-likeness (QED) is 0.109. The summed E-state index contributed by atoms with van der Waals surface area (Å²) < 4.78 is 0. The summed E-state index contributed by atoms with van der Waals surface area (Å²) in [5, 5.41) is 4.38. The van der Waals surface area contributed by atoms with Gasteiger partial charge >= 0.3 is 0 Å². The van der Waals surface area contributed by atoms with E-state index in [0.29, 0.717) is 0 Å². The zero-order valence-electron chi connectivity index (χ0n) is 53.2. The molecule has 0 aliphatic heterocycles. The predicted molar refractivity (Wildman–Crippen MR) is 357 cm³/mol. The molecule has 0 amide bonds. The van der Waals surface area contributed by atoms with Gasteiger partial charge in [0.05, 0.1) is 0 Å². The Labute approximate surface area is 441 Å². The van der Waals surface area contributed by atoms with E-state index < -0.39 is 96.9 Å². The lowest BCUT2D eigenvalue weighted by atomic mass is 9.90. The largest absolute Gasteiger partial charge is 0.0693 e. The lowest BCUT2D eigenvalue weighted by Crippen LogP contribution is -2.50. The van der Waals surface area contributed by atoms with Crippen LogP contribution in [-0.2, 0) is 12.8 Å². The van der Waals surface area contributed by atoms with Crippen LogP contribution in [0.3, 0.4) is 0 Å². The van der Waals surface area contributed by atoms with Crippen LogP contribution in [0.25, 0.3) is 0 Å². The van der Waals surface area contributed by atoms with E-state index in [1.165, 1.54) is 12.8 Å². The van der Waals surface area contributed by atoms with Crippen molar-refractivity contribution in [3.63, 3.8) is 0 Å². The predicted octanol–water partition coefficient (Wildman–Crippen LogP) is 20.5. The van der Waals surface area contributed by atoms with Crippen LogP contribution in [0, 0.1) is 0 Å². The Morgan fingerprint density at radius 3 is 0.426 bits per heavy atom. The monoisotopic (exact) mass is 1130 g/mol. The average Bonchev–Trinajstić information content (AvgIpc) is 2.92. The molecule has 0 fully saturated rings. The first-order valence-corrected chi connectivity index (χ1v) is 70.6. The van der Waals surface area contributed by atoms with Crippen LogP contribution in [0.5, 0.6) is 0 Å². The normalized spacial score (nSPS) is 15.4. The Hall–Kier alpha value is 1.04. The summed E-state index contributed by atoms with van der Waals surface area (Å²) in [6.45, 7) is 98.9. The van der Waals surface area contributed by atoms with Crippen LogP contribution in [0.15, 0.2) is 24.3 Å². The Morgan fingerprint density at radius 2 is 0.324 bits per heavy atom. The Morgan fingerprint density at radius 1 is 0.206 bits per heavy atom. The molecular weight excluding hydrogens is 1010 g/mol. The highest BCUT2D eigenvalue weighted by molar-refractivity contribution is 6.99. The van der Waals surface area contributed by atoms with Crippen LogP contribution in [0.1, 0.15) is 75.5 Å². The van der Waals surface area contributed by atoms with E-state index in [2.05, 4.69) is 260 Å². The maximum absolute atomic E-state index is 2.99. The molecule has 0 saturated carbocycles. The van der Waals surface area contributed by atoms with E-state index in [-0.39, 0.29) is 0 Å². The van der Waals surface area contributed by atoms with Crippen molar-refractivity contribution in [1.82, 2.24) is 0 Å². The maximum Gasteiger partial charge on any atom is 0.0493 e. The van der Waals surface area contributed by atoms with Gasteiger partial charge in [0.2, 0.25) is 0 Å². The summed E-state index contributed by atoms with van der Waals surface area (Å²) in [4.78, 5) is 0. The molecule has 2 aromatic rings. The van der Waals surface area contributed by atoms with Crippen molar-refractivity contribution in [2.24, 2.45) is 0 Å². The fourth-order valence-electron chi connectivity index (χ4n) is 17.2. The molecule has 12 heteroatoms. The van der Waals surface area contributed by atoms with E-state index in [0.717, 1.165) is 31.0 Å². The molecule has 0 N–H and O–H groups in total. The molecule has 2 rings (SSSR count). The van der Waals surface area contributed by atoms with Crippen LogP contribution < -0.4 is 0 Å². The smallest absolute Gasteiger partial charge is 0.0493 e. The molecule has 0 heterocycles. The van der Waals surface area contributed by atoms with E-state index in [9.17, 15) is 0 Å². The van der Waals surface area contributed by atoms with E-state index in [1.807, 2.05) is 33.4 Å². The molecule has 68 heavy (non-hydrogen) atoms. The van der Waals surface area contributed by atoms with Gasteiger partial charge in [-0.2, -0.15) is 0 Å². The Kier molecular flexibility index (Phi) is 20.0. The van der Waals surface area contributed by atoms with Gasteiger partial charge in [-0.15, -0.1) is 0 Å². The van der Waals surface area contributed by atoms with E-state index in [4.69, 9.17) is 0 Å². The first-order chi connectivity index (χ1) is 29.4. The van der Waals surface area contributed by atoms with Crippen molar-refractivity contribution in [1.29, 1.82) is 0 Å². The third-order valence-corrected chi connectivity index (χ3v) is 71.4. The number of hydrogen-bond acceptors (Lipinski definition) is 0. The fraction of sp³-hybridized carbons (Fsp3) is 0.786. The summed E-state index contributed by atoms with van der Waals surface area (Å²) in [5.74, 6) is 0. The molecular formula is C56H122Si12. The molecule has 0 spiro atoms. The molecule has 0 nitrogen and oxygen atoms in total. The first-order valence-electron chi connectivity index (χ1n) is 27.7. The Bertz CT molecular complexity index is 1680. The van der Waals surface area contributed by atoms with Crippen LogP contribution in [0.4, 0.5) is 0 Å². The summed E-state index contributed by atoms with van der Waals surface area (Å²) in [6, 6.07) is 12.0. The second-order valence-electron chi connectivity index (χ2n) is 35.8. The zero-order valence-corrected chi connectivity index (χ0v) is 65.2. The molecule has 0 aliphatic carbocycles. The molecule has 394 valence electrons. The lowest BCUT2D eigenvalue weighted by molar-refractivity contribution is 0.875. The van der Waals surface area contributed by atoms with Gasteiger partial charge in [0, 0.05) is 96.9 Å². The molecule has 0 unspecified atom stereocenters. The fourth-order valence-corrected chi connectivity index (χ4v) is 93.7. The first kappa shape index (κ1) is 65.2. The van der Waals surface area contributed by atoms with Gasteiger partial charge in [-0.3, -0.25) is 0 Å². The van der Waals surface area contributed by atoms with Gasteiger partial charge in [-0.1, -0.05) is 260 Å². The zero-order chi connectivity index (χ0) is 54.3. The molecule has 0 atom stereocenters. The summed E-state index contributed by atoms with van der Waals surface area (Å²) >= 11 is 0. The molecule has 2 aromatic carbocycles. The molecule has 0 saturated heterocycles. The van der Waals surface area contributed by atoms with Crippen molar-refractivity contribution < 1.29 is 0 Å². The van der Waals surface area contributed by atoms with Gasteiger partial charge < -0.3 is 0 Å². The number of benzene rings is 2. The summed E-state index contributed by atoms with van der Waals surface area (Å²) in [7, 11) is -19.7. The minimum Gasteiger partial charge on any atom is -0.0693 e. The average molecular weight is 1130 g/mol. The van der Waals surface area contributed by atoms with Crippen molar-refractivity contribution >= 4 is 96.9 Å². The highest BCUT2D eigenvalue weighted by atomic mass is 28.4. The second kappa shape index (κ2) is 20.9. The molecule has 0 aromatic heterocycles. The topological polar surface area (TPSA) is 0 Å². The maximum atomic E-state index is 2.99. The minimum atomic E-state index is -1.68. The van der Waals surface area contributed by atoms with Crippen LogP contribution in [0.2, 0.25) is 236 Å². The standard InChI is InChI=1S/C56H122Si12/c1-57(2,3)51(58(4,5)6)43-39-47(53(61(13,14)15)62(16,17)18)45(48(40-43)54(63(19,20)21)64(22,23)24)37-38-46-49(55(65(25,26)27)66(28,29)30)41-44(52(59(7,8)9)60(10,11)12)42-50(46)56(67(31,32)33)68(34,35)36/h39-42,51-56H,37-38H2,1-36H3.